The van der Waals surface area contributed by atoms with E-state index in [-0.39, 0.29) is 18.3 Å². The topological polar surface area (TPSA) is 29.5 Å². The molecule has 0 aromatic heterocycles. The first-order chi connectivity index (χ1) is 8.05. The van der Waals surface area contributed by atoms with Gasteiger partial charge in [-0.1, -0.05) is 22.9 Å². The number of hydrogen-bond donors (Lipinski definition) is 0. The number of carbonyl (C=O) groups is 1. The lowest BCUT2D eigenvalue weighted by atomic mass is 10.2. The second kappa shape index (κ2) is 6.71. The molecule has 0 aliphatic rings. The zero-order valence-corrected chi connectivity index (χ0v) is 11.5. The van der Waals surface area contributed by atoms with Crippen LogP contribution in [0.1, 0.15) is 12.5 Å². The minimum atomic E-state index is -0.290. The van der Waals surface area contributed by atoms with Crippen molar-refractivity contribution >= 4 is 21.9 Å². The minimum absolute atomic E-state index is 0.209. The number of ether oxygens (including phenoxy) is 1. The second-order valence-electron chi connectivity index (χ2n) is 3.66. The van der Waals surface area contributed by atoms with Crippen molar-refractivity contribution in [2.75, 3.05) is 20.2 Å². The van der Waals surface area contributed by atoms with E-state index in [1.165, 1.54) is 19.2 Å². The first kappa shape index (κ1) is 14.1. The van der Waals surface area contributed by atoms with Gasteiger partial charge in [0.15, 0.2) is 0 Å². The van der Waals surface area contributed by atoms with Crippen LogP contribution < -0.4 is 0 Å². The SMILES string of the molecule is CCN(CC(=O)OC)Cc1cc(F)cc(Br)c1. The molecule has 0 amide bonds. The molecular formula is C12H15BrFNO2. The van der Waals surface area contributed by atoms with E-state index in [1.807, 2.05) is 17.9 Å². The average molecular weight is 304 g/mol. The fraction of sp³-hybridized carbons (Fsp3) is 0.417. The van der Waals surface area contributed by atoms with Crippen LogP contribution in [-0.2, 0) is 16.1 Å². The van der Waals surface area contributed by atoms with E-state index in [0.717, 1.165) is 5.56 Å². The Morgan fingerprint density at radius 1 is 1.47 bits per heavy atom. The summed E-state index contributed by atoms with van der Waals surface area (Å²) in [6.07, 6.45) is 0. The first-order valence-corrected chi connectivity index (χ1v) is 6.08. The highest BCUT2D eigenvalue weighted by Crippen LogP contribution is 2.16. The molecule has 0 fully saturated rings. The van der Waals surface area contributed by atoms with E-state index < -0.39 is 0 Å². The molecule has 0 saturated carbocycles. The van der Waals surface area contributed by atoms with Gasteiger partial charge < -0.3 is 4.74 Å². The van der Waals surface area contributed by atoms with Crippen LogP contribution in [0.4, 0.5) is 4.39 Å². The van der Waals surface area contributed by atoms with Crippen molar-refractivity contribution in [2.45, 2.75) is 13.5 Å². The van der Waals surface area contributed by atoms with Crippen LogP contribution in [0, 0.1) is 5.82 Å². The van der Waals surface area contributed by atoms with Gasteiger partial charge in [-0.05, 0) is 30.3 Å². The molecule has 0 unspecified atom stereocenters. The summed E-state index contributed by atoms with van der Waals surface area (Å²) >= 11 is 3.24. The molecule has 0 spiro atoms. The molecule has 1 aromatic rings. The Hall–Kier alpha value is -0.940. The normalized spacial score (nSPS) is 10.6. The number of carbonyl (C=O) groups excluding carboxylic acids is 1. The van der Waals surface area contributed by atoms with E-state index in [1.54, 1.807) is 0 Å². The molecule has 0 bridgehead atoms. The van der Waals surface area contributed by atoms with Crippen LogP contribution in [0.25, 0.3) is 0 Å². The van der Waals surface area contributed by atoms with Crippen LogP contribution in [-0.4, -0.2) is 31.1 Å². The number of methoxy groups -OCH3 is 1. The van der Waals surface area contributed by atoms with Crippen LogP contribution >= 0.6 is 15.9 Å². The van der Waals surface area contributed by atoms with Gasteiger partial charge in [-0.2, -0.15) is 0 Å². The molecule has 0 radical (unpaired) electrons. The smallest absolute Gasteiger partial charge is 0.319 e. The third-order valence-electron chi connectivity index (χ3n) is 2.36. The number of nitrogens with zero attached hydrogens (tertiary/aromatic N) is 1. The van der Waals surface area contributed by atoms with Gasteiger partial charge in [0.2, 0.25) is 0 Å². The highest BCUT2D eigenvalue weighted by Gasteiger charge is 2.10. The Morgan fingerprint density at radius 2 is 2.18 bits per heavy atom. The summed E-state index contributed by atoms with van der Waals surface area (Å²) in [6, 6.07) is 4.70. The van der Waals surface area contributed by atoms with Crippen molar-refractivity contribution in [3.8, 4) is 0 Å². The number of halogens is 2. The van der Waals surface area contributed by atoms with Crippen LogP contribution in [0.2, 0.25) is 0 Å². The molecule has 0 N–H and O–H groups in total. The largest absolute Gasteiger partial charge is 0.468 e. The monoisotopic (exact) mass is 303 g/mol. The molecule has 5 heteroatoms. The Kier molecular flexibility index (Phi) is 5.58. The predicted molar refractivity (Wildman–Crippen MR) is 67.1 cm³/mol. The molecular weight excluding hydrogens is 289 g/mol. The zero-order valence-electron chi connectivity index (χ0n) is 9.87. The van der Waals surface area contributed by atoms with Crippen molar-refractivity contribution in [3.63, 3.8) is 0 Å². The number of likely N-dealkylation sites (N-methyl/N-ethyl adjacent to an activating group) is 1. The maximum atomic E-state index is 13.2. The summed E-state index contributed by atoms with van der Waals surface area (Å²) in [5.41, 5.74) is 0.822. The summed E-state index contributed by atoms with van der Waals surface area (Å²) in [7, 11) is 1.36. The van der Waals surface area contributed by atoms with Crippen molar-refractivity contribution in [2.24, 2.45) is 0 Å². The molecule has 17 heavy (non-hydrogen) atoms. The Balaban J connectivity index is 2.70. The van der Waals surface area contributed by atoms with Crippen molar-refractivity contribution in [1.82, 2.24) is 4.90 Å². The maximum Gasteiger partial charge on any atom is 0.319 e. The molecule has 0 saturated heterocycles. The van der Waals surface area contributed by atoms with Gasteiger partial charge in [-0.25, -0.2) is 4.39 Å². The summed E-state index contributed by atoms with van der Waals surface area (Å²) < 4.78 is 18.5. The van der Waals surface area contributed by atoms with Crippen LogP contribution in [0.15, 0.2) is 22.7 Å². The van der Waals surface area contributed by atoms with Gasteiger partial charge in [0.25, 0.3) is 0 Å². The van der Waals surface area contributed by atoms with Gasteiger partial charge in [-0.3, -0.25) is 9.69 Å². The summed E-state index contributed by atoms with van der Waals surface area (Å²) in [6.45, 7) is 3.36. The maximum absolute atomic E-state index is 13.2. The van der Waals surface area contributed by atoms with E-state index in [4.69, 9.17) is 0 Å². The highest BCUT2D eigenvalue weighted by atomic mass is 79.9. The Morgan fingerprint density at radius 3 is 2.71 bits per heavy atom. The van der Waals surface area contributed by atoms with Gasteiger partial charge in [0, 0.05) is 11.0 Å². The molecule has 1 rings (SSSR count). The molecule has 0 aliphatic carbocycles. The summed E-state index contributed by atoms with van der Waals surface area (Å²) in [5, 5.41) is 0. The van der Waals surface area contributed by atoms with Crippen molar-refractivity contribution in [3.05, 3.63) is 34.1 Å². The number of benzene rings is 1. The molecule has 1 aromatic carbocycles. The van der Waals surface area contributed by atoms with Crippen molar-refractivity contribution < 1.29 is 13.9 Å². The predicted octanol–water partition coefficient (Wildman–Crippen LogP) is 2.58. The molecule has 3 nitrogen and oxygen atoms in total. The van der Waals surface area contributed by atoms with Gasteiger partial charge in [-0.15, -0.1) is 0 Å². The lowest BCUT2D eigenvalue weighted by Crippen LogP contribution is -2.30. The van der Waals surface area contributed by atoms with E-state index in [2.05, 4.69) is 20.7 Å². The minimum Gasteiger partial charge on any atom is -0.468 e. The first-order valence-electron chi connectivity index (χ1n) is 5.29. The fourth-order valence-corrected chi connectivity index (χ4v) is 2.00. The Bertz CT molecular complexity index is 378. The van der Waals surface area contributed by atoms with Gasteiger partial charge in [0.1, 0.15) is 5.82 Å². The van der Waals surface area contributed by atoms with Gasteiger partial charge >= 0.3 is 5.97 Å². The highest BCUT2D eigenvalue weighted by molar-refractivity contribution is 9.10. The van der Waals surface area contributed by atoms with Gasteiger partial charge in [0.05, 0.1) is 13.7 Å². The van der Waals surface area contributed by atoms with E-state index in [0.29, 0.717) is 17.6 Å². The zero-order chi connectivity index (χ0) is 12.8. The number of rotatable bonds is 5. The summed E-state index contributed by atoms with van der Waals surface area (Å²) in [5.74, 6) is -0.578. The van der Waals surface area contributed by atoms with E-state index >= 15 is 0 Å². The van der Waals surface area contributed by atoms with Crippen molar-refractivity contribution in [1.29, 1.82) is 0 Å². The number of hydrogen-bond acceptors (Lipinski definition) is 3. The lowest BCUT2D eigenvalue weighted by Gasteiger charge is -2.19. The standard InChI is InChI=1S/C12H15BrFNO2/c1-3-15(8-12(16)17-2)7-9-4-10(13)6-11(14)5-9/h4-6H,3,7-8H2,1-2H3. The van der Waals surface area contributed by atoms with Crippen LogP contribution in [0.5, 0.6) is 0 Å². The fourth-order valence-electron chi connectivity index (χ4n) is 1.49. The average Bonchev–Trinajstić information content (AvgIpc) is 2.26. The summed E-state index contributed by atoms with van der Waals surface area (Å²) in [4.78, 5) is 13.0. The quantitative estimate of drug-likeness (QED) is 0.783. The molecule has 0 atom stereocenters. The second-order valence-corrected chi connectivity index (χ2v) is 4.57. The molecule has 0 heterocycles. The lowest BCUT2D eigenvalue weighted by molar-refractivity contribution is -0.142. The third-order valence-corrected chi connectivity index (χ3v) is 2.81. The Labute approximate surface area is 109 Å². The number of esters is 1. The van der Waals surface area contributed by atoms with E-state index in [9.17, 15) is 9.18 Å². The molecule has 94 valence electrons. The molecule has 0 aliphatic heterocycles. The van der Waals surface area contributed by atoms with Crippen LogP contribution in [0.3, 0.4) is 0 Å². The third kappa shape index (κ3) is 4.83.